The highest BCUT2D eigenvalue weighted by molar-refractivity contribution is 5.49. The molecule has 0 atom stereocenters. The van der Waals surface area contributed by atoms with Gasteiger partial charge in [0.05, 0.1) is 6.10 Å². The highest BCUT2D eigenvalue weighted by atomic mass is 16.5. The Morgan fingerprint density at radius 1 is 1.35 bits per heavy atom. The summed E-state index contributed by atoms with van der Waals surface area (Å²) < 4.78 is 5.68. The number of ether oxygens (including phenoxy) is 1. The van der Waals surface area contributed by atoms with Gasteiger partial charge in [-0.05, 0) is 26.2 Å². The van der Waals surface area contributed by atoms with E-state index in [0.717, 1.165) is 57.0 Å². The van der Waals surface area contributed by atoms with E-state index in [9.17, 15) is 0 Å². The number of nitrogens with zero attached hydrogens (tertiary/aromatic N) is 3. The Morgan fingerprint density at radius 3 is 2.70 bits per heavy atom. The predicted molar refractivity (Wildman–Crippen MR) is 80.7 cm³/mol. The minimum Gasteiger partial charge on any atom is -0.378 e. The third kappa shape index (κ3) is 3.80. The van der Waals surface area contributed by atoms with Gasteiger partial charge in [0.15, 0.2) is 0 Å². The number of hydrogen-bond donors (Lipinski definition) is 2. The smallest absolute Gasteiger partial charge is 0.145 e. The monoisotopic (exact) mass is 279 g/mol. The number of piperidine rings is 1. The molecule has 0 aliphatic carbocycles. The van der Waals surface area contributed by atoms with E-state index in [0.29, 0.717) is 11.9 Å². The van der Waals surface area contributed by atoms with Crippen LogP contribution in [0.5, 0.6) is 0 Å². The van der Waals surface area contributed by atoms with Crippen LogP contribution in [0, 0.1) is 0 Å². The van der Waals surface area contributed by atoms with Gasteiger partial charge in [0.25, 0.3) is 0 Å². The quantitative estimate of drug-likeness (QED) is 0.610. The molecule has 0 amide bonds. The highest BCUT2D eigenvalue weighted by Crippen LogP contribution is 2.22. The van der Waals surface area contributed by atoms with Gasteiger partial charge in [-0.3, -0.25) is 0 Å². The molecule has 1 fully saturated rings. The van der Waals surface area contributed by atoms with Gasteiger partial charge in [-0.15, -0.1) is 0 Å². The lowest BCUT2D eigenvalue weighted by Crippen LogP contribution is -2.37. The lowest BCUT2D eigenvalue weighted by Gasteiger charge is -2.32. The standard InChI is InChI=1S/C14H25N5O/c1-3-5-12-16-13(18-15)10-14(17-12)19-8-6-11(7-9-19)20-4-2/h10-11H,3-9,15H2,1-2H3,(H,16,17,18). The molecule has 6 heteroatoms. The Bertz CT molecular complexity index is 418. The van der Waals surface area contributed by atoms with E-state index in [-0.39, 0.29) is 0 Å². The van der Waals surface area contributed by atoms with Crippen LogP contribution in [0.3, 0.4) is 0 Å². The van der Waals surface area contributed by atoms with Crippen LogP contribution >= 0.6 is 0 Å². The molecule has 6 nitrogen and oxygen atoms in total. The van der Waals surface area contributed by atoms with Crippen LogP contribution < -0.4 is 16.2 Å². The molecule has 0 radical (unpaired) electrons. The van der Waals surface area contributed by atoms with Crippen LogP contribution in [0.1, 0.15) is 38.9 Å². The van der Waals surface area contributed by atoms with Gasteiger partial charge in [-0.25, -0.2) is 15.8 Å². The van der Waals surface area contributed by atoms with Gasteiger partial charge in [-0.1, -0.05) is 6.92 Å². The fraction of sp³-hybridized carbons (Fsp3) is 0.714. The number of anilines is 2. The maximum absolute atomic E-state index is 5.68. The van der Waals surface area contributed by atoms with E-state index in [1.165, 1.54) is 0 Å². The number of aryl methyl sites for hydroxylation is 1. The number of nitrogens with two attached hydrogens (primary N) is 1. The summed E-state index contributed by atoms with van der Waals surface area (Å²) in [5, 5.41) is 0. The van der Waals surface area contributed by atoms with Crippen molar-refractivity contribution in [2.24, 2.45) is 5.84 Å². The SMILES string of the molecule is CCCc1nc(NN)cc(N2CCC(OCC)CC2)n1. The van der Waals surface area contributed by atoms with Crippen molar-refractivity contribution >= 4 is 11.6 Å². The third-order valence-corrected chi connectivity index (χ3v) is 3.55. The number of nitrogens with one attached hydrogen (secondary N) is 1. The van der Waals surface area contributed by atoms with Crippen molar-refractivity contribution in [1.29, 1.82) is 0 Å². The molecule has 112 valence electrons. The van der Waals surface area contributed by atoms with Gasteiger partial charge >= 0.3 is 0 Å². The molecule has 0 spiro atoms. The zero-order chi connectivity index (χ0) is 14.4. The Labute approximate surface area is 120 Å². The molecular weight excluding hydrogens is 254 g/mol. The summed E-state index contributed by atoms with van der Waals surface area (Å²) in [6.45, 7) is 6.90. The molecule has 1 aromatic heterocycles. The van der Waals surface area contributed by atoms with E-state index in [2.05, 4.69) is 27.2 Å². The molecule has 2 heterocycles. The average molecular weight is 279 g/mol. The lowest BCUT2D eigenvalue weighted by molar-refractivity contribution is 0.0458. The molecule has 1 saturated heterocycles. The predicted octanol–water partition coefficient (Wildman–Crippen LogP) is 1.72. The van der Waals surface area contributed by atoms with Crippen LogP contribution in [0.25, 0.3) is 0 Å². The van der Waals surface area contributed by atoms with Crippen molar-refractivity contribution in [1.82, 2.24) is 9.97 Å². The second-order valence-electron chi connectivity index (χ2n) is 5.06. The number of aromatic nitrogens is 2. The van der Waals surface area contributed by atoms with Gasteiger partial charge in [-0.2, -0.15) is 0 Å². The first-order chi connectivity index (χ1) is 9.76. The Balaban J connectivity index is 2.06. The summed E-state index contributed by atoms with van der Waals surface area (Å²) in [7, 11) is 0. The topological polar surface area (TPSA) is 76.3 Å². The second kappa shape index (κ2) is 7.40. The molecule has 2 rings (SSSR count). The van der Waals surface area contributed by atoms with E-state index >= 15 is 0 Å². The maximum atomic E-state index is 5.68. The average Bonchev–Trinajstić information content (AvgIpc) is 2.48. The van der Waals surface area contributed by atoms with Gasteiger partial charge < -0.3 is 15.1 Å². The van der Waals surface area contributed by atoms with Crippen molar-refractivity contribution in [2.45, 2.75) is 45.6 Å². The normalized spacial score (nSPS) is 16.4. The zero-order valence-corrected chi connectivity index (χ0v) is 12.4. The summed E-state index contributed by atoms with van der Waals surface area (Å²) in [5.41, 5.74) is 2.63. The summed E-state index contributed by atoms with van der Waals surface area (Å²) in [4.78, 5) is 11.3. The van der Waals surface area contributed by atoms with E-state index in [1.807, 2.05) is 13.0 Å². The van der Waals surface area contributed by atoms with Crippen LogP contribution in [0.15, 0.2) is 6.07 Å². The molecule has 0 bridgehead atoms. The first-order valence-corrected chi connectivity index (χ1v) is 7.48. The molecule has 1 aliphatic rings. The number of hydrazine groups is 1. The van der Waals surface area contributed by atoms with Crippen LogP contribution in [-0.2, 0) is 11.2 Å². The Morgan fingerprint density at radius 2 is 2.10 bits per heavy atom. The van der Waals surface area contributed by atoms with Crippen molar-refractivity contribution < 1.29 is 4.74 Å². The number of nitrogen functional groups attached to an aromatic ring is 1. The largest absolute Gasteiger partial charge is 0.378 e. The molecule has 0 saturated carbocycles. The number of rotatable bonds is 6. The second-order valence-corrected chi connectivity index (χ2v) is 5.06. The van der Waals surface area contributed by atoms with Crippen molar-refractivity contribution in [3.63, 3.8) is 0 Å². The molecule has 1 aliphatic heterocycles. The van der Waals surface area contributed by atoms with Crippen molar-refractivity contribution in [3.05, 3.63) is 11.9 Å². The zero-order valence-electron chi connectivity index (χ0n) is 12.4. The lowest BCUT2D eigenvalue weighted by atomic mass is 10.1. The Kier molecular flexibility index (Phi) is 5.55. The minimum atomic E-state index is 0.389. The minimum absolute atomic E-state index is 0.389. The van der Waals surface area contributed by atoms with Gasteiger partial charge in [0.2, 0.25) is 0 Å². The van der Waals surface area contributed by atoms with E-state index < -0.39 is 0 Å². The summed E-state index contributed by atoms with van der Waals surface area (Å²) in [6.07, 6.45) is 4.39. The molecule has 20 heavy (non-hydrogen) atoms. The molecule has 0 unspecified atom stereocenters. The fourth-order valence-corrected chi connectivity index (χ4v) is 2.54. The first kappa shape index (κ1) is 15.0. The Hall–Kier alpha value is -1.40. The highest BCUT2D eigenvalue weighted by Gasteiger charge is 2.21. The maximum Gasteiger partial charge on any atom is 0.145 e. The summed E-state index contributed by atoms with van der Waals surface area (Å²) >= 11 is 0. The molecule has 0 aromatic carbocycles. The molecule has 1 aromatic rings. The van der Waals surface area contributed by atoms with Crippen LogP contribution in [0.2, 0.25) is 0 Å². The van der Waals surface area contributed by atoms with Crippen molar-refractivity contribution in [2.75, 3.05) is 30.0 Å². The van der Waals surface area contributed by atoms with Gasteiger partial charge in [0, 0.05) is 32.2 Å². The van der Waals surface area contributed by atoms with Gasteiger partial charge in [0.1, 0.15) is 17.5 Å². The van der Waals surface area contributed by atoms with Crippen LogP contribution in [0.4, 0.5) is 11.6 Å². The van der Waals surface area contributed by atoms with Crippen LogP contribution in [-0.4, -0.2) is 35.8 Å². The van der Waals surface area contributed by atoms with E-state index in [4.69, 9.17) is 10.6 Å². The summed E-state index contributed by atoms with van der Waals surface area (Å²) in [5.74, 6) is 8.00. The molecular formula is C14H25N5O. The first-order valence-electron chi connectivity index (χ1n) is 7.48. The van der Waals surface area contributed by atoms with Crippen molar-refractivity contribution in [3.8, 4) is 0 Å². The number of hydrogen-bond acceptors (Lipinski definition) is 6. The third-order valence-electron chi connectivity index (χ3n) is 3.55. The fourth-order valence-electron chi connectivity index (χ4n) is 2.54. The summed E-state index contributed by atoms with van der Waals surface area (Å²) in [6, 6.07) is 1.92. The molecule has 3 N–H and O–H groups in total. The van der Waals surface area contributed by atoms with E-state index in [1.54, 1.807) is 0 Å².